The molecule has 1 aromatic rings. The molecular formula is C18H27IN4S. The minimum atomic E-state index is 0. The summed E-state index contributed by atoms with van der Waals surface area (Å²) in [7, 11) is 0. The Hall–Kier alpha value is -0.940. The highest BCUT2D eigenvalue weighted by atomic mass is 127. The van der Waals surface area contributed by atoms with Crippen LogP contribution in [0, 0.1) is 11.3 Å². The van der Waals surface area contributed by atoms with E-state index in [9.17, 15) is 0 Å². The first-order valence-corrected chi connectivity index (χ1v) is 9.60. The second-order valence-electron chi connectivity index (χ2n) is 5.87. The summed E-state index contributed by atoms with van der Waals surface area (Å²) in [6.07, 6.45) is 7.23. The summed E-state index contributed by atoms with van der Waals surface area (Å²) in [5.74, 6) is 0.876. The van der Waals surface area contributed by atoms with Gasteiger partial charge in [-0.05, 0) is 50.1 Å². The Labute approximate surface area is 166 Å². The molecule has 0 radical (unpaired) electrons. The fourth-order valence-corrected chi connectivity index (χ4v) is 3.74. The minimum absolute atomic E-state index is 0. The molecule has 6 heteroatoms. The summed E-state index contributed by atoms with van der Waals surface area (Å²) in [5, 5.41) is 16.6. The van der Waals surface area contributed by atoms with E-state index in [0.717, 1.165) is 23.3 Å². The quantitative estimate of drug-likeness (QED) is 0.399. The van der Waals surface area contributed by atoms with E-state index in [1.165, 1.54) is 25.7 Å². The lowest BCUT2D eigenvalue weighted by Crippen LogP contribution is -2.45. The number of thioether (sulfide) groups is 1. The van der Waals surface area contributed by atoms with Gasteiger partial charge in [-0.1, -0.05) is 18.6 Å². The fourth-order valence-electron chi connectivity index (χ4n) is 2.91. The monoisotopic (exact) mass is 458 g/mol. The largest absolute Gasteiger partial charge is 0.357 e. The molecule has 0 aromatic heterocycles. The molecular weight excluding hydrogens is 431 g/mol. The molecule has 0 amide bonds. The molecule has 0 aliphatic heterocycles. The van der Waals surface area contributed by atoms with Crippen molar-refractivity contribution >= 4 is 41.7 Å². The van der Waals surface area contributed by atoms with Gasteiger partial charge in [0.05, 0.1) is 18.2 Å². The van der Waals surface area contributed by atoms with Crippen LogP contribution < -0.4 is 10.6 Å². The Morgan fingerprint density at radius 2 is 2.25 bits per heavy atom. The van der Waals surface area contributed by atoms with Gasteiger partial charge in [-0.25, -0.2) is 4.99 Å². The average Bonchev–Trinajstić information content (AvgIpc) is 2.60. The lowest BCUT2D eigenvalue weighted by atomic mass is 9.95. The van der Waals surface area contributed by atoms with Crippen LogP contribution in [0.1, 0.15) is 43.7 Å². The molecule has 2 rings (SSSR count). The normalized spacial score (nSPS) is 20.6. The van der Waals surface area contributed by atoms with Gasteiger partial charge >= 0.3 is 0 Å². The first kappa shape index (κ1) is 21.1. The molecule has 1 aliphatic rings. The molecule has 132 valence electrons. The summed E-state index contributed by atoms with van der Waals surface area (Å²) in [6, 6.07) is 10.3. The third-order valence-corrected chi connectivity index (χ3v) is 5.22. The number of nitriles is 1. The SMILES string of the molecule is CCNC(=NCc1cccc(C#N)c1)NC1CCCC(SC)C1.I. The molecule has 1 aliphatic carbocycles. The molecule has 1 fully saturated rings. The number of halogens is 1. The fraction of sp³-hybridized carbons (Fsp3) is 0.556. The second kappa shape index (κ2) is 11.6. The van der Waals surface area contributed by atoms with E-state index in [1.807, 2.05) is 36.0 Å². The van der Waals surface area contributed by atoms with Crippen molar-refractivity contribution in [2.45, 2.75) is 50.4 Å². The van der Waals surface area contributed by atoms with Crippen LogP contribution >= 0.6 is 35.7 Å². The van der Waals surface area contributed by atoms with Gasteiger partial charge in [0.25, 0.3) is 0 Å². The van der Waals surface area contributed by atoms with Crippen LogP contribution in [-0.4, -0.2) is 30.1 Å². The average molecular weight is 458 g/mol. The number of nitrogens with one attached hydrogen (secondary N) is 2. The van der Waals surface area contributed by atoms with Crippen LogP contribution in [0.3, 0.4) is 0 Å². The van der Waals surface area contributed by atoms with Gasteiger partial charge in [0.2, 0.25) is 0 Å². The van der Waals surface area contributed by atoms with Gasteiger partial charge < -0.3 is 10.6 Å². The number of guanidine groups is 1. The standard InChI is InChI=1S/C18H26N4S.HI/c1-3-20-18(22-16-8-5-9-17(11-16)23-2)21-13-15-7-4-6-14(10-15)12-19;/h4,6-7,10,16-17H,3,5,8-9,11,13H2,1-2H3,(H2,20,21,22);1H. The molecule has 1 saturated carbocycles. The predicted molar refractivity (Wildman–Crippen MR) is 114 cm³/mol. The molecule has 0 saturated heterocycles. The molecule has 1 aromatic carbocycles. The van der Waals surface area contributed by atoms with E-state index < -0.39 is 0 Å². The maximum atomic E-state index is 8.98. The molecule has 0 heterocycles. The molecule has 0 bridgehead atoms. The Balaban J connectivity index is 0.00000288. The maximum absolute atomic E-state index is 8.98. The van der Waals surface area contributed by atoms with Crippen LogP contribution in [0.15, 0.2) is 29.3 Å². The molecule has 24 heavy (non-hydrogen) atoms. The highest BCUT2D eigenvalue weighted by molar-refractivity contribution is 14.0. The van der Waals surface area contributed by atoms with E-state index in [2.05, 4.69) is 34.9 Å². The maximum Gasteiger partial charge on any atom is 0.191 e. The molecule has 2 unspecified atom stereocenters. The predicted octanol–water partition coefficient (Wildman–Crippen LogP) is 3.91. The first-order valence-electron chi connectivity index (χ1n) is 8.31. The number of nitrogens with zero attached hydrogens (tertiary/aromatic N) is 2. The topological polar surface area (TPSA) is 60.2 Å². The number of benzene rings is 1. The van der Waals surface area contributed by atoms with Gasteiger partial charge in [0.15, 0.2) is 5.96 Å². The molecule has 4 nitrogen and oxygen atoms in total. The number of hydrogen-bond donors (Lipinski definition) is 2. The van der Waals surface area contributed by atoms with Crippen molar-refractivity contribution in [1.29, 1.82) is 5.26 Å². The lowest BCUT2D eigenvalue weighted by Gasteiger charge is -2.29. The number of rotatable bonds is 5. The number of aliphatic imine (C=N–C) groups is 1. The highest BCUT2D eigenvalue weighted by Gasteiger charge is 2.21. The van der Waals surface area contributed by atoms with Crippen LogP contribution in [0.4, 0.5) is 0 Å². The summed E-state index contributed by atoms with van der Waals surface area (Å²) in [6.45, 7) is 3.52. The van der Waals surface area contributed by atoms with Gasteiger partial charge in [-0.3, -0.25) is 0 Å². The molecule has 2 atom stereocenters. The number of hydrogen-bond acceptors (Lipinski definition) is 3. The van der Waals surface area contributed by atoms with Crippen LogP contribution in [0.5, 0.6) is 0 Å². The highest BCUT2D eigenvalue weighted by Crippen LogP contribution is 2.26. The zero-order valence-electron chi connectivity index (χ0n) is 14.4. The van der Waals surface area contributed by atoms with Crippen molar-refractivity contribution in [2.24, 2.45) is 4.99 Å². The second-order valence-corrected chi connectivity index (χ2v) is 7.01. The van der Waals surface area contributed by atoms with E-state index in [0.29, 0.717) is 18.2 Å². The van der Waals surface area contributed by atoms with Gasteiger partial charge in [0.1, 0.15) is 0 Å². The van der Waals surface area contributed by atoms with Crippen molar-refractivity contribution < 1.29 is 0 Å². The Kier molecular flexibility index (Phi) is 10.2. The summed E-state index contributed by atoms with van der Waals surface area (Å²) >= 11 is 1.97. The zero-order chi connectivity index (χ0) is 16.5. The van der Waals surface area contributed by atoms with Crippen molar-refractivity contribution in [3.63, 3.8) is 0 Å². The van der Waals surface area contributed by atoms with Gasteiger partial charge in [-0.15, -0.1) is 24.0 Å². The lowest BCUT2D eigenvalue weighted by molar-refractivity contribution is 0.419. The summed E-state index contributed by atoms with van der Waals surface area (Å²) in [4.78, 5) is 4.68. The van der Waals surface area contributed by atoms with Crippen molar-refractivity contribution in [1.82, 2.24) is 10.6 Å². The van der Waals surface area contributed by atoms with Crippen LogP contribution in [-0.2, 0) is 6.54 Å². The van der Waals surface area contributed by atoms with Gasteiger partial charge in [0, 0.05) is 17.8 Å². The zero-order valence-corrected chi connectivity index (χ0v) is 17.6. The first-order chi connectivity index (χ1) is 11.2. The summed E-state index contributed by atoms with van der Waals surface area (Å²) < 4.78 is 0. The van der Waals surface area contributed by atoms with E-state index >= 15 is 0 Å². The third kappa shape index (κ3) is 6.89. The van der Waals surface area contributed by atoms with Gasteiger partial charge in [-0.2, -0.15) is 17.0 Å². The minimum Gasteiger partial charge on any atom is -0.357 e. The van der Waals surface area contributed by atoms with Crippen molar-refractivity contribution in [2.75, 3.05) is 12.8 Å². The third-order valence-electron chi connectivity index (χ3n) is 4.12. The smallest absolute Gasteiger partial charge is 0.191 e. The van der Waals surface area contributed by atoms with Crippen LogP contribution in [0.2, 0.25) is 0 Å². The van der Waals surface area contributed by atoms with Crippen molar-refractivity contribution in [3.8, 4) is 6.07 Å². The summed E-state index contributed by atoms with van der Waals surface area (Å²) in [5.41, 5.74) is 1.75. The molecule has 2 N–H and O–H groups in total. The van der Waals surface area contributed by atoms with E-state index in [4.69, 9.17) is 5.26 Å². The molecule has 0 spiro atoms. The Bertz CT molecular complexity index is 570. The Morgan fingerprint density at radius 1 is 1.42 bits per heavy atom. The Morgan fingerprint density at radius 3 is 2.96 bits per heavy atom. The van der Waals surface area contributed by atoms with Crippen molar-refractivity contribution in [3.05, 3.63) is 35.4 Å². The van der Waals surface area contributed by atoms with E-state index in [1.54, 1.807) is 0 Å². The van der Waals surface area contributed by atoms with Crippen LogP contribution in [0.25, 0.3) is 0 Å². The van der Waals surface area contributed by atoms with E-state index in [-0.39, 0.29) is 24.0 Å².